The predicted octanol–water partition coefficient (Wildman–Crippen LogP) is 2.69. The number of hydrogen-bond donors (Lipinski definition) is 1. The molecule has 1 aliphatic carbocycles. The average molecular weight is 274 g/mol. The summed E-state index contributed by atoms with van der Waals surface area (Å²) in [6.07, 6.45) is 5.04. The van der Waals surface area contributed by atoms with Crippen LogP contribution in [0.1, 0.15) is 49.4 Å². The molecule has 1 atom stereocenters. The van der Waals surface area contributed by atoms with E-state index in [1.165, 1.54) is 42.4 Å². The molecule has 1 N–H and O–H groups in total. The molecule has 20 heavy (non-hydrogen) atoms. The second-order valence-corrected chi connectivity index (χ2v) is 5.75. The van der Waals surface area contributed by atoms with E-state index < -0.39 is 0 Å². The lowest BCUT2D eigenvalue weighted by atomic mass is 9.89. The van der Waals surface area contributed by atoms with E-state index in [0.717, 1.165) is 6.54 Å². The van der Waals surface area contributed by atoms with Crippen LogP contribution in [0.5, 0.6) is 0 Å². The van der Waals surface area contributed by atoms with Crippen LogP contribution < -0.4 is 5.32 Å². The molecular weight excluding hydrogens is 248 g/mol. The third-order valence-corrected chi connectivity index (χ3v) is 4.33. The van der Waals surface area contributed by atoms with Crippen molar-refractivity contribution in [3.63, 3.8) is 0 Å². The minimum absolute atomic E-state index is 0.150. The maximum absolute atomic E-state index is 11.8. The second kappa shape index (κ2) is 6.89. The van der Waals surface area contributed by atoms with E-state index in [1.54, 1.807) is 4.90 Å². The van der Waals surface area contributed by atoms with Gasteiger partial charge in [0.2, 0.25) is 5.91 Å². The smallest absolute Gasteiger partial charge is 0.236 e. The first-order valence-electron chi connectivity index (χ1n) is 7.71. The van der Waals surface area contributed by atoms with Gasteiger partial charge in [-0.1, -0.05) is 18.2 Å². The van der Waals surface area contributed by atoms with Crippen LogP contribution in [0.2, 0.25) is 0 Å². The summed E-state index contributed by atoms with van der Waals surface area (Å²) in [6, 6.07) is 7.01. The third kappa shape index (κ3) is 3.60. The minimum Gasteiger partial charge on any atom is -0.345 e. The molecule has 3 heteroatoms. The van der Waals surface area contributed by atoms with Crippen LogP contribution in [-0.4, -0.2) is 30.9 Å². The highest BCUT2D eigenvalue weighted by Gasteiger charge is 2.13. The first-order chi connectivity index (χ1) is 9.61. The molecule has 0 fully saturated rings. The number of aryl methyl sites for hydroxylation is 2. The Morgan fingerprint density at radius 1 is 1.30 bits per heavy atom. The number of nitrogens with one attached hydrogen (secondary N) is 1. The van der Waals surface area contributed by atoms with Crippen molar-refractivity contribution >= 4 is 5.91 Å². The number of nitrogens with zero attached hydrogens (tertiary/aromatic N) is 1. The van der Waals surface area contributed by atoms with Crippen molar-refractivity contribution in [3.8, 4) is 0 Å². The SMILES string of the molecule is CCN(C)C(=O)CNC(C)c1ccc2c(c1)CCCC2. The van der Waals surface area contributed by atoms with Gasteiger partial charge in [0, 0.05) is 19.6 Å². The summed E-state index contributed by atoms with van der Waals surface area (Å²) in [6.45, 7) is 5.28. The van der Waals surface area contributed by atoms with Gasteiger partial charge in [0.05, 0.1) is 6.54 Å². The number of fused-ring (bicyclic) bond motifs is 1. The lowest BCUT2D eigenvalue weighted by molar-refractivity contribution is -0.128. The quantitative estimate of drug-likeness (QED) is 0.895. The molecule has 0 radical (unpaired) electrons. The standard InChI is InChI=1S/C17H26N2O/c1-4-19(3)17(20)12-18-13(2)15-10-9-14-7-5-6-8-16(14)11-15/h9-11,13,18H,4-8,12H2,1-3H3. The molecule has 0 aromatic heterocycles. The van der Waals surface area contributed by atoms with Crippen molar-refractivity contribution in [1.29, 1.82) is 0 Å². The van der Waals surface area contributed by atoms with Gasteiger partial charge in [-0.15, -0.1) is 0 Å². The topological polar surface area (TPSA) is 32.3 Å². The summed E-state index contributed by atoms with van der Waals surface area (Å²) in [5.41, 5.74) is 4.30. The lowest BCUT2D eigenvalue weighted by Crippen LogP contribution is -2.36. The molecule has 1 unspecified atom stereocenters. The molecule has 1 aliphatic rings. The van der Waals surface area contributed by atoms with Crippen molar-refractivity contribution < 1.29 is 4.79 Å². The summed E-state index contributed by atoms with van der Waals surface area (Å²) in [4.78, 5) is 13.5. The van der Waals surface area contributed by atoms with E-state index in [2.05, 4.69) is 30.4 Å². The number of carbonyl (C=O) groups excluding carboxylic acids is 1. The Kier molecular flexibility index (Phi) is 5.18. The van der Waals surface area contributed by atoms with Crippen molar-refractivity contribution in [1.82, 2.24) is 10.2 Å². The zero-order chi connectivity index (χ0) is 14.5. The van der Waals surface area contributed by atoms with Gasteiger partial charge >= 0.3 is 0 Å². The number of rotatable bonds is 5. The van der Waals surface area contributed by atoms with Crippen LogP contribution in [0.15, 0.2) is 18.2 Å². The van der Waals surface area contributed by atoms with Crippen LogP contribution in [0.4, 0.5) is 0 Å². The summed E-state index contributed by atoms with van der Waals surface area (Å²) in [5, 5.41) is 3.33. The summed E-state index contributed by atoms with van der Waals surface area (Å²) < 4.78 is 0. The number of amides is 1. The normalized spacial score (nSPS) is 15.6. The zero-order valence-electron chi connectivity index (χ0n) is 12.9. The second-order valence-electron chi connectivity index (χ2n) is 5.75. The Morgan fingerprint density at radius 2 is 2.00 bits per heavy atom. The molecule has 0 bridgehead atoms. The third-order valence-electron chi connectivity index (χ3n) is 4.33. The van der Waals surface area contributed by atoms with Gasteiger partial charge in [0.15, 0.2) is 0 Å². The fourth-order valence-corrected chi connectivity index (χ4v) is 2.69. The van der Waals surface area contributed by atoms with Gasteiger partial charge in [0.25, 0.3) is 0 Å². The number of likely N-dealkylation sites (N-methyl/N-ethyl adjacent to an activating group) is 1. The number of benzene rings is 1. The highest BCUT2D eigenvalue weighted by Crippen LogP contribution is 2.24. The highest BCUT2D eigenvalue weighted by molar-refractivity contribution is 5.77. The Hall–Kier alpha value is -1.35. The fraction of sp³-hybridized carbons (Fsp3) is 0.588. The summed E-state index contributed by atoms with van der Waals surface area (Å²) in [5.74, 6) is 0.150. The molecule has 1 aromatic rings. The van der Waals surface area contributed by atoms with Crippen LogP contribution in [0.25, 0.3) is 0 Å². The van der Waals surface area contributed by atoms with E-state index in [-0.39, 0.29) is 11.9 Å². The maximum atomic E-state index is 11.8. The predicted molar refractivity (Wildman–Crippen MR) is 82.8 cm³/mol. The molecule has 3 nitrogen and oxygen atoms in total. The van der Waals surface area contributed by atoms with E-state index >= 15 is 0 Å². The van der Waals surface area contributed by atoms with E-state index in [4.69, 9.17) is 0 Å². The molecule has 0 aliphatic heterocycles. The van der Waals surface area contributed by atoms with Crippen LogP contribution in [0, 0.1) is 0 Å². The van der Waals surface area contributed by atoms with Crippen molar-refractivity contribution in [3.05, 3.63) is 34.9 Å². The average Bonchev–Trinajstić information content (AvgIpc) is 2.50. The van der Waals surface area contributed by atoms with Gasteiger partial charge in [-0.3, -0.25) is 4.79 Å². The summed E-state index contributed by atoms with van der Waals surface area (Å²) in [7, 11) is 1.84. The Morgan fingerprint density at radius 3 is 2.70 bits per heavy atom. The largest absolute Gasteiger partial charge is 0.345 e. The zero-order valence-corrected chi connectivity index (χ0v) is 12.9. The molecule has 0 spiro atoms. The molecule has 1 amide bonds. The van der Waals surface area contributed by atoms with Gasteiger partial charge < -0.3 is 10.2 Å². The first kappa shape index (κ1) is 15.0. The van der Waals surface area contributed by atoms with E-state index in [9.17, 15) is 4.79 Å². The van der Waals surface area contributed by atoms with Crippen LogP contribution in [-0.2, 0) is 17.6 Å². The Labute approximate surface area is 122 Å². The number of hydrogen-bond acceptors (Lipinski definition) is 2. The number of carbonyl (C=O) groups is 1. The maximum Gasteiger partial charge on any atom is 0.236 e. The fourth-order valence-electron chi connectivity index (χ4n) is 2.69. The lowest BCUT2D eigenvalue weighted by Gasteiger charge is -2.21. The molecule has 110 valence electrons. The highest BCUT2D eigenvalue weighted by atomic mass is 16.2. The van der Waals surface area contributed by atoms with Crippen molar-refractivity contribution in [2.75, 3.05) is 20.1 Å². The first-order valence-corrected chi connectivity index (χ1v) is 7.71. The molecular formula is C17H26N2O. The van der Waals surface area contributed by atoms with Crippen molar-refractivity contribution in [2.45, 2.75) is 45.6 Å². The molecule has 1 aromatic carbocycles. The molecule has 0 saturated carbocycles. The van der Waals surface area contributed by atoms with Gasteiger partial charge in [-0.25, -0.2) is 0 Å². The minimum atomic E-state index is 0.150. The van der Waals surface area contributed by atoms with Crippen LogP contribution in [0.3, 0.4) is 0 Å². The van der Waals surface area contributed by atoms with E-state index in [1.807, 2.05) is 14.0 Å². The monoisotopic (exact) mass is 274 g/mol. The molecule has 2 rings (SSSR count). The Balaban J connectivity index is 1.95. The van der Waals surface area contributed by atoms with E-state index in [0.29, 0.717) is 6.54 Å². The summed E-state index contributed by atoms with van der Waals surface area (Å²) >= 11 is 0. The van der Waals surface area contributed by atoms with Gasteiger partial charge in [-0.2, -0.15) is 0 Å². The molecule has 0 heterocycles. The van der Waals surface area contributed by atoms with Gasteiger partial charge in [0.1, 0.15) is 0 Å². The molecule has 0 saturated heterocycles. The van der Waals surface area contributed by atoms with Crippen molar-refractivity contribution in [2.24, 2.45) is 0 Å². The van der Waals surface area contributed by atoms with Gasteiger partial charge in [-0.05, 0) is 56.2 Å². The van der Waals surface area contributed by atoms with Crippen LogP contribution >= 0.6 is 0 Å². The Bertz CT molecular complexity index is 470.